The van der Waals surface area contributed by atoms with Crippen molar-refractivity contribution in [3.8, 4) is 5.75 Å². The van der Waals surface area contributed by atoms with Crippen LogP contribution >= 0.6 is 15.9 Å². The number of nitrogens with one attached hydrogen (secondary N) is 1. The molecule has 0 aliphatic carbocycles. The molecule has 0 bridgehead atoms. The van der Waals surface area contributed by atoms with Crippen LogP contribution in [0.25, 0.3) is 0 Å². The molecule has 1 aromatic rings. The zero-order valence-electron chi connectivity index (χ0n) is 12.4. The zero-order valence-corrected chi connectivity index (χ0v) is 14.0. The van der Waals surface area contributed by atoms with Crippen molar-refractivity contribution >= 4 is 27.9 Å². The molecule has 23 heavy (non-hydrogen) atoms. The molecule has 0 saturated carbocycles. The Balaban J connectivity index is 0.000000688. The predicted molar refractivity (Wildman–Crippen MR) is 85.7 cm³/mol. The number of hydrogen-bond donors (Lipinski definition) is 4. The van der Waals surface area contributed by atoms with Crippen molar-refractivity contribution in [1.29, 1.82) is 0 Å². The summed E-state index contributed by atoms with van der Waals surface area (Å²) < 4.78 is 11.9. The van der Waals surface area contributed by atoms with Gasteiger partial charge in [0.1, 0.15) is 12.4 Å². The maximum atomic E-state index is 9.10. The maximum absolute atomic E-state index is 9.10. The highest BCUT2D eigenvalue weighted by atomic mass is 79.9. The Kier molecular flexibility index (Phi) is 12.9. The van der Waals surface area contributed by atoms with Crippen LogP contribution in [-0.2, 0) is 14.3 Å². The highest BCUT2D eigenvalue weighted by molar-refractivity contribution is 9.10. The number of aliphatic carboxylic acids is 2. The lowest BCUT2D eigenvalue weighted by Crippen LogP contribution is -2.23. The summed E-state index contributed by atoms with van der Waals surface area (Å²) >= 11 is 3.38. The van der Waals surface area contributed by atoms with E-state index in [-0.39, 0.29) is 6.61 Å². The van der Waals surface area contributed by atoms with Crippen molar-refractivity contribution in [3.63, 3.8) is 0 Å². The number of hydrogen-bond acceptors (Lipinski definition) is 6. The van der Waals surface area contributed by atoms with Crippen LogP contribution in [0.2, 0.25) is 0 Å². The molecule has 1 aromatic carbocycles. The number of benzene rings is 1. The number of halogens is 1. The summed E-state index contributed by atoms with van der Waals surface area (Å²) in [5.41, 5.74) is 0. The van der Waals surface area contributed by atoms with Gasteiger partial charge in [0.15, 0.2) is 0 Å². The summed E-state index contributed by atoms with van der Waals surface area (Å²) in [6.45, 7) is 3.24. The lowest BCUT2D eigenvalue weighted by Gasteiger charge is -2.07. The first kappa shape index (κ1) is 21.3. The van der Waals surface area contributed by atoms with Crippen LogP contribution in [0, 0.1) is 0 Å². The van der Waals surface area contributed by atoms with Crippen LogP contribution in [0.15, 0.2) is 28.7 Å². The van der Waals surface area contributed by atoms with Crippen molar-refractivity contribution in [2.24, 2.45) is 0 Å². The molecule has 0 aliphatic rings. The molecular weight excluding hydrogens is 374 g/mol. The average Bonchev–Trinajstić information content (AvgIpc) is 2.50. The molecule has 0 amide bonds. The molecule has 9 heteroatoms. The van der Waals surface area contributed by atoms with Crippen LogP contribution in [0.1, 0.15) is 0 Å². The average molecular weight is 394 g/mol. The Labute approximate surface area is 142 Å². The fourth-order valence-corrected chi connectivity index (χ4v) is 1.60. The number of aliphatic hydroxyl groups excluding tert-OH is 1. The van der Waals surface area contributed by atoms with Crippen LogP contribution in [-0.4, -0.2) is 66.8 Å². The second-order valence-electron chi connectivity index (χ2n) is 4.00. The van der Waals surface area contributed by atoms with Gasteiger partial charge in [-0.1, -0.05) is 22.0 Å². The van der Waals surface area contributed by atoms with Gasteiger partial charge < -0.3 is 30.1 Å². The molecule has 0 heterocycles. The van der Waals surface area contributed by atoms with Crippen LogP contribution in [0.4, 0.5) is 0 Å². The summed E-state index contributed by atoms with van der Waals surface area (Å²) in [6, 6.07) is 7.71. The highest BCUT2D eigenvalue weighted by Gasteiger charge is 2.04. The fraction of sp³-hybridized carbons (Fsp3) is 0.429. The first-order valence-corrected chi connectivity index (χ1v) is 7.50. The molecule has 0 unspecified atom stereocenters. The molecule has 8 nitrogen and oxygen atoms in total. The van der Waals surface area contributed by atoms with E-state index in [9.17, 15) is 0 Å². The fourth-order valence-electron chi connectivity index (χ4n) is 1.23. The van der Waals surface area contributed by atoms with E-state index in [0.29, 0.717) is 26.4 Å². The topological polar surface area (TPSA) is 125 Å². The van der Waals surface area contributed by atoms with E-state index in [1.165, 1.54) is 0 Å². The van der Waals surface area contributed by atoms with E-state index in [1.54, 1.807) is 0 Å². The second kappa shape index (κ2) is 13.9. The Hall–Kier alpha value is -1.68. The van der Waals surface area contributed by atoms with Crippen molar-refractivity contribution < 1.29 is 34.4 Å². The molecule has 0 fully saturated rings. The van der Waals surface area contributed by atoms with E-state index in [4.69, 9.17) is 34.4 Å². The molecule has 0 aromatic heterocycles. The van der Waals surface area contributed by atoms with Crippen molar-refractivity contribution in [1.82, 2.24) is 5.32 Å². The zero-order chi connectivity index (χ0) is 17.5. The Morgan fingerprint density at radius 1 is 1.09 bits per heavy atom. The van der Waals surface area contributed by atoms with Gasteiger partial charge in [0.05, 0.1) is 19.8 Å². The van der Waals surface area contributed by atoms with E-state index in [0.717, 1.165) is 16.8 Å². The molecule has 0 spiro atoms. The van der Waals surface area contributed by atoms with E-state index in [2.05, 4.69) is 21.2 Å². The predicted octanol–water partition coefficient (Wildman–Crippen LogP) is 0.582. The minimum absolute atomic E-state index is 0.159. The summed E-state index contributed by atoms with van der Waals surface area (Å²) in [4.78, 5) is 18.2. The normalized spacial score (nSPS) is 9.65. The highest BCUT2D eigenvalue weighted by Crippen LogP contribution is 2.17. The van der Waals surface area contributed by atoms with Gasteiger partial charge in [-0.3, -0.25) is 0 Å². The van der Waals surface area contributed by atoms with Crippen LogP contribution in [0.3, 0.4) is 0 Å². The molecule has 0 atom stereocenters. The number of carboxylic acids is 2. The third kappa shape index (κ3) is 13.7. The van der Waals surface area contributed by atoms with Gasteiger partial charge in [-0.05, 0) is 18.2 Å². The van der Waals surface area contributed by atoms with Gasteiger partial charge in [-0.25, -0.2) is 9.59 Å². The smallest absolute Gasteiger partial charge is 0.414 e. The van der Waals surface area contributed by atoms with Gasteiger partial charge in [0.2, 0.25) is 0 Å². The summed E-state index contributed by atoms with van der Waals surface area (Å²) in [5.74, 6) is -2.81. The summed E-state index contributed by atoms with van der Waals surface area (Å²) in [7, 11) is 0. The monoisotopic (exact) mass is 393 g/mol. The van der Waals surface area contributed by atoms with Gasteiger partial charge in [0.25, 0.3) is 0 Å². The quantitative estimate of drug-likeness (QED) is 0.354. The minimum Gasteiger partial charge on any atom is -0.491 e. The van der Waals surface area contributed by atoms with Gasteiger partial charge in [-0.2, -0.15) is 0 Å². The van der Waals surface area contributed by atoms with Gasteiger partial charge >= 0.3 is 11.9 Å². The number of aliphatic hydroxyl groups is 1. The molecule has 0 saturated heterocycles. The number of ether oxygens (including phenoxy) is 2. The third-order valence-electron chi connectivity index (χ3n) is 2.19. The minimum atomic E-state index is -1.82. The molecule has 1 rings (SSSR count). The first-order chi connectivity index (χ1) is 11.0. The lowest BCUT2D eigenvalue weighted by atomic mass is 10.3. The van der Waals surface area contributed by atoms with Gasteiger partial charge in [-0.15, -0.1) is 0 Å². The molecular formula is C14H20BrNO7. The van der Waals surface area contributed by atoms with Crippen LogP contribution < -0.4 is 10.1 Å². The number of rotatable bonds is 9. The Bertz CT molecular complexity index is 458. The summed E-state index contributed by atoms with van der Waals surface area (Å²) in [5, 5.41) is 26.3. The van der Waals surface area contributed by atoms with Crippen molar-refractivity contribution in [2.45, 2.75) is 0 Å². The van der Waals surface area contributed by atoms with E-state index in [1.807, 2.05) is 24.3 Å². The largest absolute Gasteiger partial charge is 0.491 e. The van der Waals surface area contributed by atoms with Crippen molar-refractivity contribution in [3.05, 3.63) is 28.7 Å². The maximum Gasteiger partial charge on any atom is 0.414 e. The Morgan fingerprint density at radius 3 is 2.35 bits per heavy atom. The van der Waals surface area contributed by atoms with E-state index >= 15 is 0 Å². The number of carbonyl (C=O) groups is 2. The molecule has 0 aliphatic heterocycles. The van der Waals surface area contributed by atoms with Crippen LogP contribution in [0.5, 0.6) is 5.75 Å². The third-order valence-corrected chi connectivity index (χ3v) is 2.68. The molecule has 0 radical (unpaired) electrons. The van der Waals surface area contributed by atoms with Crippen molar-refractivity contribution in [2.75, 3.05) is 39.5 Å². The second-order valence-corrected chi connectivity index (χ2v) is 4.92. The Morgan fingerprint density at radius 2 is 1.78 bits per heavy atom. The molecule has 130 valence electrons. The van der Waals surface area contributed by atoms with E-state index < -0.39 is 11.9 Å². The van der Waals surface area contributed by atoms with Gasteiger partial charge in [0, 0.05) is 17.6 Å². The standard InChI is InChI=1S/C12H18BrNO3.C2H2O4/c13-11-2-1-3-12(10-11)17-9-8-16-7-5-14-4-6-15;3-1(4)2(5)6/h1-3,10,14-15H,4-9H2;(H,3,4)(H,5,6). The SMILES string of the molecule is O=C(O)C(=O)O.OCCNCCOCCOc1cccc(Br)c1. The first-order valence-electron chi connectivity index (χ1n) is 6.71. The lowest BCUT2D eigenvalue weighted by molar-refractivity contribution is -0.159. The summed E-state index contributed by atoms with van der Waals surface area (Å²) in [6.07, 6.45) is 0. The number of carboxylic acid groups (broad SMARTS) is 2. The molecule has 4 N–H and O–H groups in total.